The molecule has 3 atom stereocenters. The summed E-state index contributed by atoms with van der Waals surface area (Å²) in [4.78, 5) is 15.1. The van der Waals surface area contributed by atoms with Crippen molar-refractivity contribution < 1.29 is 23.8 Å². The number of likely N-dealkylation sites (tertiary alicyclic amines) is 1. The number of piperidine rings is 1. The van der Waals surface area contributed by atoms with E-state index >= 15 is 4.39 Å². The second kappa shape index (κ2) is 14.5. The number of unbranched alkanes of at least 4 members (excludes halogenated alkanes) is 1. The molecule has 0 aromatic heterocycles. The Hall–Kier alpha value is -1.45. The molecule has 3 rings (SSSR count). The van der Waals surface area contributed by atoms with Gasteiger partial charge in [-0.3, -0.25) is 0 Å². The van der Waals surface area contributed by atoms with E-state index in [0.29, 0.717) is 51.4 Å². The lowest BCUT2D eigenvalue weighted by molar-refractivity contribution is -0.0587. The number of amides is 2. The van der Waals surface area contributed by atoms with Crippen LogP contribution >= 0.6 is 11.6 Å². The number of ether oxygens (including phenoxy) is 2. The van der Waals surface area contributed by atoms with Gasteiger partial charge in [-0.05, 0) is 70.4 Å². The van der Waals surface area contributed by atoms with Crippen LogP contribution in [0.3, 0.4) is 0 Å². The SMILES string of the molecule is CNC[C@H](CC1CCOCC1)NC(=O)N1CCC[C@@H]([C@@](O)(CCCCOC)c2cccc(Cl)c2F)C1. The molecular formula is C27H43ClFN3O4. The van der Waals surface area contributed by atoms with Crippen molar-refractivity contribution in [1.82, 2.24) is 15.5 Å². The second-order valence-corrected chi connectivity index (χ2v) is 10.7. The van der Waals surface area contributed by atoms with Gasteiger partial charge in [0.25, 0.3) is 0 Å². The molecular weight excluding hydrogens is 485 g/mol. The lowest BCUT2D eigenvalue weighted by Crippen LogP contribution is -2.54. The number of carbonyl (C=O) groups excluding carboxylic acids is 1. The zero-order valence-corrected chi connectivity index (χ0v) is 22.5. The van der Waals surface area contributed by atoms with Crippen molar-refractivity contribution in [2.75, 3.05) is 53.6 Å². The first-order chi connectivity index (χ1) is 17.4. The maximum atomic E-state index is 15.1. The number of urea groups is 1. The molecule has 2 saturated heterocycles. The predicted octanol–water partition coefficient (Wildman–Crippen LogP) is 4.31. The van der Waals surface area contributed by atoms with E-state index in [0.717, 1.165) is 45.3 Å². The van der Waals surface area contributed by atoms with Crippen LogP contribution in [0, 0.1) is 17.7 Å². The number of nitrogens with one attached hydrogen (secondary N) is 2. The number of hydrogen-bond acceptors (Lipinski definition) is 5. The molecule has 2 aliphatic heterocycles. The van der Waals surface area contributed by atoms with Gasteiger partial charge in [0.15, 0.2) is 0 Å². The quantitative estimate of drug-likeness (QED) is 0.353. The van der Waals surface area contributed by atoms with Gasteiger partial charge in [0, 0.05) is 64.1 Å². The molecule has 204 valence electrons. The van der Waals surface area contributed by atoms with Gasteiger partial charge in [-0.1, -0.05) is 23.7 Å². The fraction of sp³-hybridized carbons (Fsp3) is 0.741. The minimum absolute atomic E-state index is 0.00348. The van der Waals surface area contributed by atoms with Gasteiger partial charge in [-0.25, -0.2) is 9.18 Å². The van der Waals surface area contributed by atoms with Crippen LogP contribution in [0.1, 0.15) is 56.9 Å². The van der Waals surface area contributed by atoms with Crippen molar-refractivity contribution in [3.8, 4) is 0 Å². The fourth-order valence-corrected chi connectivity index (χ4v) is 5.85. The number of benzene rings is 1. The number of methoxy groups -OCH3 is 1. The molecule has 36 heavy (non-hydrogen) atoms. The lowest BCUT2D eigenvalue weighted by atomic mass is 9.74. The maximum absolute atomic E-state index is 15.1. The third-order valence-electron chi connectivity index (χ3n) is 7.70. The topological polar surface area (TPSA) is 83.1 Å². The zero-order chi connectivity index (χ0) is 26.0. The Morgan fingerprint density at radius 2 is 2.11 bits per heavy atom. The van der Waals surface area contributed by atoms with Crippen LogP contribution in [0.5, 0.6) is 0 Å². The molecule has 0 aliphatic carbocycles. The minimum Gasteiger partial charge on any atom is -0.385 e. The number of carbonyl (C=O) groups is 1. The summed E-state index contributed by atoms with van der Waals surface area (Å²) in [6.45, 7) is 3.81. The summed E-state index contributed by atoms with van der Waals surface area (Å²) in [7, 11) is 3.53. The Morgan fingerprint density at radius 3 is 2.83 bits per heavy atom. The summed E-state index contributed by atoms with van der Waals surface area (Å²) >= 11 is 6.09. The van der Waals surface area contributed by atoms with Gasteiger partial charge in [0.05, 0.1) is 10.6 Å². The van der Waals surface area contributed by atoms with Crippen LogP contribution in [-0.4, -0.2) is 75.7 Å². The lowest BCUT2D eigenvalue weighted by Gasteiger charge is -2.43. The summed E-state index contributed by atoms with van der Waals surface area (Å²) in [6.07, 6.45) is 6.20. The fourth-order valence-electron chi connectivity index (χ4n) is 5.68. The molecule has 2 amide bonds. The van der Waals surface area contributed by atoms with Gasteiger partial charge in [-0.2, -0.15) is 0 Å². The van der Waals surface area contributed by atoms with E-state index in [2.05, 4.69) is 10.6 Å². The average molecular weight is 528 g/mol. The number of nitrogens with zero attached hydrogens (tertiary/aromatic N) is 1. The first-order valence-electron chi connectivity index (χ1n) is 13.3. The highest BCUT2D eigenvalue weighted by Gasteiger charge is 2.43. The van der Waals surface area contributed by atoms with Gasteiger partial charge in [0.1, 0.15) is 5.82 Å². The first-order valence-corrected chi connectivity index (χ1v) is 13.7. The molecule has 2 fully saturated rings. The van der Waals surface area contributed by atoms with Crippen LogP contribution in [0.25, 0.3) is 0 Å². The Labute approximate surface area is 220 Å². The highest BCUT2D eigenvalue weighted by Crippen LogP contribution is 2.42. The van der Waals surface area contributed by atoms with E-state index in [1.807, 2.05) is 7.05 Å². The summed E-state index contributed by atoms with van der Waals surface area (Å²) in [5.41, 5.74) is -1.21. The van der Waals surface area contributed by atoms with Gasteiger partial charge in [0.2, 0.25) is 0 Å². The van der Waals surface area contributed by atoms with Crippen molar-refractivity contribution in [3.63, 3.8) is 0 Å². The molecule has 3 N–H and O–H groups in total. The van der Waals surface area contributed by atoms with Crippen LogP contribution in [0.4, 0.5) is 9.18 Å². The van der Waals surface area contributed by atoms with Crippen molar-refractivity contribution >= 4 is 17.6 Å². The van der Waals surface area contributed by atoms with E-state index in [1.54, 1.807) is 24.1 Å². The van der Waals surface area contributed by atoms with Crippen molar-refractivity contribution in [3.05, 3.63) is 34.6 Å². The summed E-state index contributed by atoms with van der Waals surface area (Å²) in [5.74, 6) is -0.346. The van der Waals surface area contributed by atoms with Crippen LogP contribution in [0.2, 0.25) is 5.02 Å². The second-order valence-electron chi connectivity index (χ2n) is 10.3. The molecule has 0 unspecified atom stereocenters. The van der Waals surface area contributed by atoms with Crippen LogP contribution in [-0.2, 0) is 15.1 Å². The van der Waals surface area contributed by atoms with Gasteiger partial charge in [-0.15, -0.1) is 0 Å². The van der Waals surface area contributed by atoms with Gasteiger partial charge >= 0.3 is 6.03 Å². The largest absolute Gasteiger partial charge is 0.385 e. The number of rotatable bonds is 12. The first kappa shape index (κ1) is 29.1. The maximum Gasteiger partial charge on any atom is 0.317 e. The van der Waals surface area contributed by atoms with E-state index in [4.69, 9.17) is 21.1 Å². The standard InChI is InChI=1S/C27H43ClFN3O4/c1-30-18-22(17-20-10-15-36-16-11-20)31-26(33)32-13-6-7-21(19-32)27(34,12-3-4-14-35-2)23-8-5-9-24(28)25(23)29/h5,8-9,20-22,30,34H,3-4,6-7,10-19H2,1-2H3,(H,31,33)/t21-,22+,27+/m1/s1. The molecule has 0 bridgehead atoms. The Balaban J connectivity index is 1.72. The summed E-state index contributed by atoms with van der Waals surface area (Å²) in [5, 5.41) is 18.4. The molecule has 0 spiro atoms. The predicted molar refractivity (Wildman–Crippen MR) is 140 cm³/mol. The van der Waals surface area contributed by atoms with Gasteiger partial charge < -0.3 is 30.1 Å². The van der Waals surface area contributed by atoms with Crippen LogP contribution < -0.4 is 10.6 Å². The average Bonchev–Trinajstić information content (AvgIpc) is 2.89. The third kappa shape index (κ3) is 7.78. The van der Waals surface area contributed by atoms with E-state index < -0.39 is 11.4 Å². The highest BCUT2D eigenvalue weighted by atomic mass is 35.5. The van der Waals surface area contributed by atoms with Crippen molar-refractivity contribution in [2.24, 2.45) is 11.8 Å². The number of likely N-dealkylation sites (N-methyl/N-ethyl adjacent to an activating group) is 1. The van der Waals surface area contributed by atoms with E-state index in [1.165, 1.54) is 6.07 Å². The van der Waals surface area contributed by atoms with Crippen molar-refractivity contribution in [1.29, 1.82) is 0 Å². The summed E-state index contributed by atoms with van der Waals surface area (Å²) in [6, 6.07) is 4.68. The number of halogens is 2. The van der Waals surface area contributed by atoms with E-state index in [9.17, 15) is 9.90 Å². The van der Waals surface area contributed by atoms with Crippen molar-refractivity contribution in [2.45, 2.75) is 63.0 Å². The third-order valence-corrected chi connectivity index (χ3v) is 7.99. The van der Waals surface area contributed by atoms with E-state index in [-0.39, 0.29) is 28.6 Å². The molecule has 1 aromatic rings. The smallest absolute Gasteiger partial charge is 0.317 e. The number of hydrogen-bond donors (Lipinski definition) is 3. The Bertz CT molecular complexity index is 826. The Morgan fingerprint density at radius 1 is 1.33 bits per heavy atom. The molecule has 0 radical (unpaired) electrons. The molecule has 9 heteroatoms. The molecule has 2 aliphatic rings. The zero-order valence-electron chi connectivity index (χ0n) is 21.7. The molecule has 2 heterocycles. The Kier molecular flexibility index (Phi) is 11.7. The van der Waals surface area contributed by atoms with Crippen LogP contribution in [0.15, 0.2) is 18.2 Å². The molecule has 1 aromatic carbocycles. The monoisotopic (exact) mass is 527 g/mol. The minimum atomic E-state index is -1.42. The highest BCUT2D eigenvalue weighted by molar-refractivity contribution is 6.30. The number of aliphatic hydroxyl groups is 1. The molecule has 7 nitrogen and oxygen atoms in total. The normalized spacial score (nSPS) is 21.7. The molecule has 0 saturated carbocycles. The summed E-state index contributed by atoms with van der Waals surface area (Å²) < 4.78 is 25.8.